The molecule has 0 saturated carbocycles. The molecule has 1 unspecified atom stereocenters. The van der Waals surface area contributed by atoms with E-state index in [4.69, 9.17) is 4.99 Å². The van der Waals surface area contributed by atoms with Gasteiger partial charge in [-0.2, -0.15) is 84.1 Å². The minimum atomic E-state index is -4.52. The molecule has 9 nitrogen and oxygen atoms in total. The van der Waals surface area contributed by atoms with Gasteiger partial charge in [0.15, 0.2) is 0 Å². The van der Waals surface area contributed by atoms with Crippen molar-refractivity contribution in [3.8, 4) is 34.0 Å². The molecule has 17 aromatic rings. The third-order valence-corrected chi connectivity index (χ3v) is 17.2. The molecule has 5 radical (unpaired) electrons. The molecule has 0 saturated heterocycles. The molecule has 13 aromatic carbocycles. The third-order valence-electron chi connectivity index (χ3n) is 17.2. The molecule has 18 rings (SSSR count). The molecule has 4 aromatic heterocycles. The largest absolute Gasteiger partial charge is 0.416 e. The predicted octanol–water partition coefficient (Wildman–Crippen LogP) is 21.5. The summed E-state index contributed by atoms with van der Waals surface area (Å²) in [5, 5.41) is 22.9. The van der Waals surface area contributed by atoms with E-state index >= 15 is 0 Å². The molecular formula is C85H53F9Ir5N9-5. The van der Waals surface area contributed by atoms with Crippen molar-refractivity contribution in [3.05, 3.63) is 379 Å². The van der Waals surface area contributed by atoms with Gasteiger partial charge in [-0.3, -0.25) is 23.4 Å². The maximum absolute atomic E-state index is 13.1. The van der Waals surface area contributed by atoms with Gasteiger partial charge in [0, 0.05) is 139 Å². The van der Waals surface area contributed by atoms with E-state index in [9.17, 15) is 39.5 Å². The van der Waals surface area contributed by atoms with Gasteiger partial charge in [0.2, 0.25) is 0 Å². The Balaban J connectivity index is 0.000000158. The van der Waals surface area contributed by atoms with Crippen molar-refractivity contribution in [3.63, 3.8) is 0 Å². The van der Waals surface area contributed by atoms with Crippen LogP contribution in [-0.4, -0.2) is 44.8 Å². The van der Waals surface area contributed by atoms with Crippen molar-refractivity contribution in [1.29, 1.82) is 0 Å². The molecular weight excluding hydrogens is 2280 g/mol. The number of fused-ring (bicyclic) bond motifs is 6. The Morgan fingerprint density at radius 2 is 0.898 bits per heavy atom. The van der Waals surface area contributed by atoms with Crippen LogP contribution in [0.5, 0.6) is 0 Å². The van der Waals surface area contributed by atoms with Crippen LogP contribution in [0.2, 0.25) is 0 Å². The second kappa shape index (κ2) is 36.0. The number of rotatable bonds is 7. The second-order valence-corrected chi connectivity index (χ2v) is 23.8. The maximum atomic E-state index is 13.1. The zero-order valence-electron chi connectivity index (χ0n) is 56.0. The fourth-order valence-electron chi connectivity index (χ4n) is 12.2. The van der Waals surface area contributed by atoms with Crippen LogP contribution in [0.1, 0.15) is 34.7 Å². The van der Waals surface area contributed by atoms with Gasteiger partial charge in [0.1, 0.15) is 5.82 Å². The molecule has 23 heteroatoms. The van der Waals surface area contributed by atoms with E-state index in [-0.39, 0.29) is 135 Å². The van der Waals surface area contributed by atoms with Gasteiger partial charge >= 0.3 is 12.4 Å². The summed E-state index contributed by atoms with van der Waals surface area (Å²) in [5.41, 5.74) is 10.1. The Labute approximate surface area is 682 Å². The van der Waals surface area contributed by atoms with Crippen molar-refractivity contribution < 1.29 is 140 Å². The molecule has 0 bridgehead atoms. The molecule has 551 valence electrons. The topological polar surface area (TPSA) is 83.6 Å². The van der Waals surface area contributed by atoms with Crippen molar-refractivity contribution in [2.75, 3.05) is 0 Å². The Kier molecular flexibility index (Phi) is 27.4. The number of alkyl halides is 6. The molecule has 0 N–H and O–H groups in total. The van der Waals surface area contributed by atoms with Gasteiger partial charge in [-0.15, -0.1) is 95.4 Å². The average molecular weight is 2330 g/mol. The zero-order chi connectivity index (χ0) is 71.2. The molecule has 0 spiro atoms. The van der Waals surface area contributed by atoms with Gasteiger partial charge in [-0.25, -0.2) is 18.6 Å². The molecule has 1 atom stereocenters. The first-order valence-electron chi connectivity index (χ1n) is 32.2. The predicted molar refractivity (Wildman–Crippen MR) is 383 cm³/mol. The van der Waals surface area contributed by atoms with Gasteiger partial charge in [-0.05, 0) is 112 Å². The third kappa shape index (κ3) is 18.0. The van der Waals surface area contributed by atoms with Crippen LogP contribution in [0.3, 0.4) is 0 Å². The maximum Gasteiger partial charge on any atom is 0.416 e. The van der Waals surface area contributed by atoms with Crippen molar-refractivity contribution in [2.24, 2.45) is 4.99 Å². The summed E-state index contributed by atoms with van der Waals surface area (Å²) in [6, 6.07) is 97.9. The summed E-state index contributed by atoms with van der Waals surface area (Å²) >= 11 is 0. The van der Waals surface area contributed by atoms with Crippen LogP contribution < -0.4 is 0 Å². The first kappa shape index (κ1) is 82.3. The normalized spacial score (nSPS) is 12.6. The summed E-state index contributed by atoms with van der Waals surface area (Å²) in [6.45, 7) is 2.27. The van der Waals surface area contributed by atoms with Crippen LogP contribution in [0, 0.1) is 47.8 Å². The van der Waals surface area contributed by atoms with Crippen molar-refractivity contribution >= 4 is 65.8 Å². The summed E-state index contributed by atoms with van der Waals surface area (Å²) in [7, 11) is 0. The van der Waals surface area contributed by atoms with E-state index in [1.807, 2.05) is 71.5 Å². The molecule has 1 aliphatic rings. The van der Waals surface area contributed by atoms with E-state index in [0.717, 1.165) is 74.4 Å². The van der Waals surface area contributed by atoms with Crippen LogP contribution in [-0.2, 0) is 118 Å². The number of halogens is 9. The Hall–Kier alpha value is -9.71. The number of hydrogen-bond donors (Lipinski definition) is 0. The zero-order valence-corrected chi connectivity index (χ0v) is 67.9. The van der Waals surface area contributed by atoms with Gasteiger partial charge in [0.05, 0.1) is 57.6 Å². The van der Waals surface area contributed by atoms with Crippen LogP contribution in [0.25, 0.3) is 88.4 Å². The molecule has 1 aliphatic heterocycles. The Morgan fingerprint density at radius 3 is 1.54 bits per heavy atom. The second-order valence-electron chi connectivity index (χ2n) is 23.8. The monoisotopic (exact) mass is 2340 g/mol. The fraction of sp³-hybridized carbons (Fsp3) is 0.0471. The Bertz CT molecular complexity index is 5890. The molecule has 0 fully saturated rings. The minimum absolute atomic E-state index is 0. The summed E-state index contributed by atoms with van der Waals surface area (Å²) in [6.07, 6.45) is -3.79. The van der Waals surface area contributed by atoms with E-state index < -0.39 is 23.5 Å². The number of aliphatic imine (C=N–C) groups is 1. The summed E-state index contributed by atoms with van der Waals surface area (Å²) in [5.74, 6) is -0.968. The van der Waals surface area contributed by atoms with E-state index in [1.165, 1.54) is 98.1 Å². The minimum Gasteiger partial charge on any atom is -0.300 e. The molecule has 5 heterocycles. The number of hydrogen-bond acceptors (Lipinski definition) is 5. The first-order valence-corrected chi connectivity index (χ1v) is 32.2. The van der Waals surface area contributed by atoms with E-state index in [2.05, 4.69) is 161 Å². The standard InChI is InChI=1S/C25H18N.C21H11F6N2.C13H7F2N2.C13H8FN2.C13H9N2.5Ir/c1-25(21-11-3-2-4-12-21)22-13-7-8-14-23(22)26-24(25)20-16-15-18-9-5-6-10-19(18)17-20;22-20(23,24)14-8-10-16(11-9-14)29-18-7-2-1-6-17(18)19(28-29)13-4-3-5-15(12-13)21(25,26)27;14-10-2-1-3-12(7-10)17-13-5-4-11(15)6-9(13)8-16-17;14-11-5-7-12(8-6-11)16-13-4-2-1-3-10(13)9-15-16;1-2-7-12(8-3-1)15-13-9-5-4-6-11(13)10-14-15;;;;;/h2-15,17H,1H3;1-3,5-12H;1-2,4-8H;1-7,9H;1-7,9-10H;;;;;/q5*-1;;;;;. The molecule has 0 amide bonds. The Morgan fingerprint density at radius 1 is 0.361 bits per heavy atom. The van der Waals surface area contributed by atoms with Gasteiger partial charge < -0.3 is 0 Å². The number of benzene rings is 13. The summed E-state index contributed by atoms with van der Waals surface area (Å²) in [4.78, 5) is 5.04. The van der Waals surface area contributed by atoms with Gasteiger partial charge in [0.25, 0.3) is 0 Å². The van der Waals surface area contributed by atoms with Gasteiger partial charge in [-0.1, -0.05) is 140 Å². The van der Waals surface area contributed by atoms with Crippen LogP contribution in [0.15, 0.2) is 309 Å². The quantitative estimate of drug-likeness (QED) is 0.118. The molecule has 0 aliphatic carbocycles. The van der Waals surface area contributed by atoms with Crippen molar-refractivity contribution in [1.82, 2.24) is 39.1 Å². The van der Waals surface area contributed by atoms with E-state index in [1.54, 1.807) is 47.3 Å². The van der Waals surface area contributed by atoms with E-state index in [0.29, 0.717) is 33.2 Å². The van der Waals surface area contributed by atoms with Crippen molar-refractivity contribution in [2.45, 2.75) is 24.7 Å². The average Bonchev–Trinajstić information content (AvgIpc) is 1.69. The fourth-order valence-corrected chi connectivity index (χ4v) is 12.2. The number of aromatic nitrogens is 8. The summed E-state index contributed by atoms with van der Waals surface area (Å²) < 4.78 is 123. The first-order chi connectivity index (χ1) is 49.9. The number of para-hydroxylation sites is 5. The van der Waals surface area contributed by atoms with Crippen LogP contribution in [0.4, 0.5) is 45.2 Å². The smallest absolute Gasteiger partial charge is 0.300 e. The number of nitrogens with zero attached hydrogens (tertiary/aromatic N) is 9. The molecule has 108 heavy (non-hydrogen) atoms. The SMILES string of the molecule is CC1(c2ccccc2)C(c2[c-]cc3ccccc3c2)=Nc2ccccc21.FC(F)(F)c1ccc(-n2nc(-c3[c-]ccc(C(F)(F)F)c3)c3ccccc32)cc1.Fc1c[c-]c(-n2ncc3ccccc32)cc1.Fc1cc[c-]c(-n2ncc3cc(F)ccc32)c1.[Ir].[Ir].[Ir].[Ir].[Ir].[c-]1ccccc1-n1ncc2ccccc21. The van der Waals surface area contributed by atoms with Crippen LogP contribution >= 0.6 is 0 Å².